The van der Waals surface area contributed by atoms with Crippen LogP contribution in [0, 0.1) is 0 Å². The lowest BCUT2D eigenvalue weighted by Gasteiger charge is -2.51. The summed E-state index contributed by atoms with van der Waals surface area (Å²) in [4.78, 5) is 0. The fraction of sp³-hybridized carbons (Fsp3) is 1.00. The summed E-state index contributed by atoms with van der Waals surface area (Å²) in [6, 6.07) is 2.59. The normalized spacial score (nSPS) is 14.6. The van der Waals surface area contributed by atoms with Crippen LogP contribution in [-0.4, -0.2) is 66.3 Å². The van der Waals surface area contributed by atoms with Crippen LogP contribution in [0.4, 0.5) is 0 Å². The van der Waals surface area contributed by atoms with Gasteiger partial charge in [-0.1, -0.05) is 59.5 Å². The Hall–Kier alpha value is 0.531. The van der Waals surface area contributed by atoms with Gasteiger partial charge in [0.05, 0.1) is 40.0 Å². The minimum Gasteiger partial charge on any atom is -0.412 e. The molecular formula is C28H66NO2Si3+. The van der Waals surface area contributed by atoms with Gasteiger partial charge in [-0.25, -0.2) is 0 Å². The van der Waals surface area contributed by atoms with Crippen LogP contribution in [0.15, 0.2) is 0 Å². The Labute approximate surface area is 219 Å². The molecule has 0 aromatic rings. The molecule has 0 heterocycles. The van der Waals surface area contributed by atoms with Gasteiger partial charge in [0.1, 0.15) is 0 Å². The van der Waals surface area contributed by atoms with E-state index in [2.05, 4.69) is 94.8 Å². The van der Waals surface area contributed by atoms with E-state index in [4.69, 9.17) is 8.85 Å². The molecule has 0 aromatic heterocycles. The van der Waals surface area contributed by atoms with Gasteiger partial charge in [0.15, 0.2) is 8.32 Å². The van der Waals surface area contributed by atoms with Crippen molar-refractivity contribution in [3.63, 3.8) is 0 Å². The molecule has 0 aliphatic carbocycles. The first-order valence-electron chi connectivity index (χ1n) is 14.5. The van der Waals surface area contributed by atoms with Crippen LogP contribution in [0.1, 0.15) is 93.4 Å². The van der Waals surface area contributed by atoms with E-state index in [9.17, 15) is 0 Å². The van der Waals surface area contributed by atoms with Crippen LogP contribution in [0.2, 0.25) is 51.4 Å². The van der Waals surface area contributed by atoms with Gasteiger partial charge in [0.2, 0.25) is 8.32 Å². The van der Waals surface area contributed by atoms with Gasteiger partial charge in [-0.05, 0) is 85.2 Å². The molecule has 3 nitrogen and oxygen atoms in total. The van der Waals surface area contributed by atoms with Gasteiger partial charge >= 0.3 is 0 Å². The summed E-state index contributed by atoms with van der Waals surface area (Å²) in [6.45, 7) is 35.0. The molecule has 0 unspecified atom stereocenters. The van der Waals surface area contributed by atoms with Crippen LogP contribution in [0.5, 0.6) is 0 Å². The fourth-order valence-electron chi connectivity index (χ4n) is 4.98. The zero-order valence-electron chi connectivity index (χ0n) is 26.2. The zero-order chi connectivity index (χ0) is 26.9. The van der Waals surface area contributed by atoms with Crippen molar-refractivity contribution < 1.29 is 13.3 Å². The largest absolute Gasteiger partial charge is 0.412 e. The molecule has 34 heavy (non-hydrogen) atoms. The van der Waals surface area contributed by atoms with Gasteiger partial charge in [0.25, 0.3) is 0 Å². The molecule has 0 radical (unpaired) electrons. The highest BCUT2D eigenvalue weighted by Gasteiger charge is 2.51. The summed E-state index contributed by atoms with van der Waals surface area (Å²) in [5.41, 5.74) is 0. The quantitative estimate of drug-likeness (QED) is 0.122. The van der Waals surface area contributed by atoms with E-state index in [-0.39, 0.29) is 10.4 Å². The van der Waals surface area contributed by atoms with Crippen LogP contribution < -0.4 is 0 Å². The molecule has 0 atom stereocenters. The maximum absolute atomic E-state index is 7.21. The Morgan fingerprint density at radius 2 is 1.03 bits per heavy atom. The average molecular weight is 533 g/mol. The second-order valence-electron chi connectivity index (χ2n) is 14.1. The Morgan fingerprint density at radius 1 is 0.588 bits per heavy atom. The lowest BCUT2D eigenvalue weighted by molar-refractivity contribution is -0.910. The number of quaternary nitrogens is 1. The fourth-order valence-corrected chi connectivity index (χ4v) is 14.5. The van der Waals surface area contributed by atoms with E-state index in [0.717, 1.165) is 0 Å². The highest BCUT2D eigenvalue weighted by molar-refractivity contribution is 6.82. The number of hydrogen-bond donors (Lipinski definition) is 0. The molecule has 0 N–H and O–H groups in total. The van der Waals surface area contributed by atoms with Crippen LogP contribution in [0.25, 0.3) is 0 Å². The molecule has 0 aliphatic heterocycles. The molecular weight excluding hydrogens is 467 g/mol. The first-order chi connectivity index (χ1) is 15.3. The molecule has 0 spiro atoms. The van der Waals surface area contributed by atoms with Crippen LogP contribution in [-0.2, 0) is 8.85 Å². The third-order valence-electron chi connectivity index (χ3n) is 8.86. The summed E-state index contributed by atoms with van der Waals surface area (Å²) in [5, 5.41) is -0.220. The Kier molecular flexibility index (Phi) is 14.1. The molecule has 0 amide bonds. The summed E-state index contributed by atoms with van der Waals surface area (Å²) in [7, 11) is -2.89. The lowest BCUT2D eigenvalue weighted by Crippen LogP contribution is -2.65. The molecule has 0 bridgehead atoms. The summed E-state index contributed by atoms with van der Waals surface area (Å²) < 4.78 is 15.4. The van der Waals surface area contributed by atoms with Crippen molar-refractivity contribution in [3.8, 4) is 0 Å². The maximum atomic E-state index is 7.21. The van der Waals surface area contributed by atoms with Gasteiger partial charge < -0.3 is 13.3 Å². The van der Waals surface area contributed by atoms with E-state index >= 15 is 0 Å². The topological polar surface area (TPSA) is 18.5 Å². The average Bonchev–Trinajstić information content (AvgIpc) is 2.67. The van der Waals surface area contributed by atoms with E-state index < -0.39 is 24.7 Å². The van der Waals surface area contributed by atoms with Crippen molar-refractivity contribution in [1.29, 1.82) is 0 Å². The minimum atomic E-state index is -2.09. The van der Waals surface area contributed by atoms with Crippen molar-refractivity contribution in [1.82, 2.24) is 0 Å². The van der Waals surface area contributed by atoms with Crippen molar-refractivity contribution in [2.45, 2.75) is 155 Å². The van der Waals surface area contributed by atoms with Crippen molar-refractivity contribution in [3.05, 3.63) is 0 Å². The van der Waals surface area contributed by atoms with Gasteiger partial charge in [0, 0.05) is 5.22 Å². The monoisotopic (exact) mass is 532 g/mol. The second kappa shape index (κ2) is 13.9. The minimum absolute atomic E-state index is 0.0469. The molecule has 0 rings (SSSR count). The third kappa shape index (κ3) is 11.3. The molecule has 0 saturated carbocycles. The Bertz CT molecular complexity index is 566. The lowest BCUT2D eigenvalue weighted by atomic mass is 10.2. The van der Waals surface area contributed by atoms with Gasteiger partial charge in [-0.2, -0.15) is 0 Å². The number of rotatable bonds is 19. The number of unbranched alkanes of at least 4 members (excludes halogenated alkanes) is 3. The van der Waals surface area contributed by atoms with E-state index in [1.54, 1.807) is 0 Å². The standard InChI is InChI=1S/C28H66NO2Si3/c1-15-18-22-29(8,23-19-16-2)24-21-25-32(9,10)27(4,5)31-34(13,14)28(6,7)30-33(11,12)26-20-17-3/h15-26H2,1-14H3/q+1. The van der Waals surface area contributed by atoms with Crippen molar-refractivity contribution >= 4 is 24.7 Å². The third-order valence-corrected chi connectivity index (χ3v) is 20.9. The number of hydrogen-bond acceptors (Lipinski definition) is 2. The maximum Gasteiger partial charge on any atom is 0.216 e. The van der Waals surface area contributed by atoms with Gasteiger partial charge in [-0.15, -0.1) is 0 Å². The second-order valence-corrected chi connectivity index (χ2v) is 28.2. The first-order valence-corrected chi connectivity index (χ1v) is 23.8. The number of nitrogens with zero attached hydrogens (tertiary/aromatic N) is 1. The van der Waals surface area contributed by atoms with Crippen molar-refractivity contribution in [2.24, 2.45) is 0 Å². The van der Waals surface area contributed by atoms with E-state index in [1.807, 2.05) is 0 Å². The zero-order valence-corrected chi connectivity index (χ0v) is 29.2. The molecule has 0 aromatic carbocycles. The molecule has 0 fully saturated rings. The van der Waals surface area contributed by atoms with Gasteiger partial charge in [-0.3, -0.25) is 0 Å². The molecule has 0 aliphatic rings. The highest BCUT2D eigenvalue weighted by atomic mass is 28.4. The molecule has 206 valence electrons. The summed E-state index contributed by atoms with van der Waals surface area (Å²) >= 11 is 0. The van der Waals surface area contributed by atoms with E-state index in [1.165, 1.54) is 81.2 Å². The Morgan fingerprint density at radius 3 is 1.47 bits per heavy atom. The highest BCUT2D eigenvalue weighted by Crippen LogP contribution is 2.38. The summed E-state index contributed by atoms with van der Waals surface area (Å²) in [6.07, 6.45) is 9.16. The van der Waals surface area contributed by atoms with E-state index in [0.29, 0.717) is 0 Å². The first kappa shape index (κ1) is 34.5. The predicted molar refractivity (Wildman–Crippen MR) is 163 cm³/mol. The Balaban J connectivity index is 5.29. The summed E-state index contributed by atoms with van der Waals surface area (Å²) in [5.74, 6) is 0. The van der Waals surface area contributed by atoms with Crippen molar-refractivity contribution in [2.75, 3.05) is 26.7 Å². The van der Waals surface area contributed by atoms with Crippen LogP contribution in [0.3, 0.4) is 0 Å². The smallest absolute Gasteiger partial charge is 0.216 e. The SMILES string of the molecule is CCCC[N+](C)(CCCC)CCC[Si](C)(C)C(C)(C)O[Si](C)(C)C(C)(C)O[Si](C)(C)CCCC. The van der Waals surface area contributed by atoms with Crippen LogP contribution >= 0.6 is 0 Å². The molecule has 6 heteroatoms. The predicted octanol–water partition coefficient (Wildman–Crippen LogP) is 9.01. The molecule has 0 saturated heterocycles.